The van der Waals surface area contributed by atoms with Crippen molar-refractivity contribution in [2.45, 2.75) is 30.4 Å². The summed E-state index contributed by atoms with van der Waals surface area (Å²) in [6, 6.07) is 0. The van der Waals surface area contributed by atoms with Crippen LogP contribution in [-0.2, 0) is 4.74 Å². The average molecular weight is 281 g/mol. The Morgan fingerprint density at radius 2 is 2.16 bits per heavy atom. The minimum atomic E-state index is -0.463. The summed E-state index contributed by atoms with van der Waals surface area (Å²) in [6.45, 7) is 0.889. The molecule has 0 unspecified atom stereocenters. The first-order chi connectivity index (χ1) is 9.19. The van der Waals surface area contributed by atoms with Gasteiger partial charge in [-0.25, -0.2) is 14.8 Å². The Balaban J connectivity index is 1.94. The van der Waals surface area contributed by atoms with E-state index in [1.807, 2.05) is 11.8 Å². The normalized spacial score (nSPS) is 17.2. The average Bonchev–Trinajstić information content (AvgIpc) is 2.94. The van der Waals surface area contributed by atoms with Crippen LogP contribution in [0.1, 0.15) is 36.2 Å². The number of aromatic nitrogens is 2. The Labute approximate surface area is 117 Å². The topological polar surface area (TPSA) is 64.1 Å². The van der Waals surface area contributed by atoms with Crippen molar-refractivity contribution >= 4 is 23.5 Å². The number of thioether (sulfide) groups is 1. The molecule has 104 valence electrons. The van der Waals surface area contributed by atoms with Crippen molar-refractivity contribution in [1.82, 2.24) is 9.97 Å². The molecule has 0 spiro atoms. The third-order valence-corrected chi connectivity index (χ3v) is 5.00. The van der Waals surface area contributed by atoms with Crippen LogP contribution in [0.3, 0.4) is 0 Å². The highest BCUT2D eigenvalue weighted by Gasteiger charge is 2.32. The Kier molecular flexibility index (Phi) is 4.63. The Hall–Kier alpha value is -1.30. The molecule has 0 aromatic carbocycles. The van der Waals surface area contributed by atoms with Gasteiger partial charge in [0.05, 0.1) is 19.5 Å². The number of hydrogen-bond donors (Lipinski definition) is 1. The fourth-order valence-electron chi connectivity index (χ4n) is 2.35. The fourth-order valence-corrected chi connectivity index (χ4v) is 3.27. The zero-order chi connectivity index (χ0) is 13.7. The number of esters is 1. The van der Waals surface area contributed by atoms with E-state index >= 15 is 0 Å². The SMILES string of the molecule is COC(=O)c1cnc(NCC2(SC)CCCC2)cn1. The van der Waals surface area contributed by atoms with Crippen LogP contribution in [0.5, 0.6) is 0 Å². The molecule has 6 heteroatoms. The van der Waals surface area contributed by atoms with Crippen LogP contribution in [0, 0.1) is 0 Å². The van der Waals surface area contributed by atoms with Crippen molar-refractivity contribution in [1.29, 1.82) is 0 Å². The van der Waals surface area contributed by atoms with E-state index in [1.54, 1.807) is 6.20 Å². The zero-order valence-corrected chi connectivity index (χ0v) is 12.1. The van der Waals surface area contributed by atoms with Crippen molar-refractivity contribution in [2.24, 2.45) is 0 Å². The van der Waals surface area contributed by atoms with Gasteiger partial charge in [-0.1, -0.05) is 12.8 Å². The maximum atomic E-state index is 11.2. The van der Waals surface area contributed by atoms with Gasteiger partial charge in [0, 0.05) is 11.3 Å². The Morgan fingerprint density at radius 3 is 2.68 bits per heavy atom. The molecule has 1 saturated carbocycles. The van der Waals surface area contributed by atoms with Gasteiger partial charge >= 0.3 is 5.97 Å². The standard InChI is InChI=1S/C13H19N3O2S/c1-18-12(17)10-7-15-11(8-14-10)16-9-13(19-2)5-3-4-6-13/h7-8H,3-6,9H2,1-2H3,(H,15,16). The van der Waals surface area contributed by atoms with E-state index in [0.29, 0.717) is 10.6 Å². The van der Waals surface area contributed by atoms with E-state index < -0.39 is 5.97 Å². The largest absolute Gasteiger partial charge is 0.464 e. The molecule has 2 rings (SSSR count). The number of methoxy groups -OCH3 is 1. The monoisotopic (exact) mass is 281 g/mol. The summed E-state index contributed by atoms with van der Waals surface area (Å²) in [4.78, 5) is 19.5. The lowest BCUT2D eigenvalue weighted by molar-refractivity contribution is 0.0593. The number of hydrogen-bond acceptors (Lipinski definition) is 6. The van der Waals surface area contributed by atoms with Crippen molar-refractivity contribution in [3.63, 3.8) is 0 Å². The van der Waals surface area contributed by atoms with Gasteiger partial charge in [-0.3, -0.25) is 0 Å². The summed E-state index contributed by atoms with van der Waals surface area (Å²) in [6.07, 6.45) is 10.3. The van der Waals surface area contributed by atoms with Gasteiger partial charge < -0.3 is 10.1 Å². The van der Waals surface area contributed by atoms with Crippen molar-refractivity contribution in [3.05, 3.63) is 18.1 Å². The van der Waals surface area contributed by atoms with Crippen LogP contribution in [0.25, 0.3) is 0 Å². The Bertz CT molecular complexity index is 430. The molecule has 1 N–H and O–H groups in total. The predicted octanol–water partition coefficient (Wildman–Crippen LogP) is 2.35. The Morgan fingerprint density at radius 1 is 1.42 bits per heavy atom. The molecule has 1 fully saturated rings. The molecular weight excluding hydrogens is 262 g/mol. The van der Waals surface area contributed by atoms with E-state index in [-0.39, 0.29) is 5.69 Å². The van der Waals surface area contributed by atoms with Gasteiger partial charge in [-0.15, -0.1) is 0 Å². The van der Waals surface area contributed by atoms with Gasteiger partial charge in [0.25, 0.3) is 0 Å². The summed E-state index contributed by atoms with van der Waals surface area (Å²) in [5, 5.41) is 3.32. The van der Waals surface area contributed by atoms with Gasteiger partial charge in [-0.05, 0) is 19.1 Å². The van der Waals surface area contributed by atoms with Crippen LogP contribution in [0.4, 0.5) is 5.82 Å². The second kappa shape index (κ2) is 6.23. The molecule has 0 saturated heterocycles. The quantitative estimate of drug-likeness (QED) is 0.836. The maximum Gasteiger partial charge on any atom is 0.358 e. The summed E-state index contributed by atoms with van der Waals surface area (Å²) >= 11 is 1.93. The highest BCUT2D eigenvalue weighted by Crippen LogP contribution is 2.40. The smallest absolute Gasteiger partial charge is 0.358 e. The second-order valence-corrected chi connectivity index (χ2v) is 6.00. The van der Waals surface area contributed by atoms with Crippen molar-refractivity contribution in [2.75, 3.05) is 25.2 Å². The number of carbonyl (C=O) groups is 1. The number of nitrogens with zero attached hydrogens (tertiary/aromatic N) is 2. The van der Waals surface area contributed by atoms with Crippen molar-refractivity contribution in [3.8, 4) is 0 Å². The van der Waals surface area contributed by atoms with Crippen molar-refractivity contribution < 1.29 is 9.53 Å². The molecule has 5 nitrogen and oxygen atoms in total. The molecule has 1 aromatic rings. The summed E-state index contributed by atoms with van der Waals surface area (Å²) in [7, 11) is 1.33. The number of carbonyl (C=O) groups excluding carboxylic acids is 1. The molecule has 0 atom stereocenters. The number of nitrogens with one attached hydrogen (secondary N) is 1. The number of rotatable bonds is 5. The number of ether oxygens (including phenoxy) is 1. The predicted molar refractivity (Wildman–Crippen MR) is 76.6 cm³/mol. The van der Waals surface area contributed by atoms with Gasteiger partial charge in [0.1, 0.15) is 5.82 Å². The highest BCUT2D eigenvalue weighted by molar-refractivity contribution is 8.00. The van der Waals surface area contributed by atoms with E-state index in [0.717, 1.165) is 6.54 Å². The third-order valence-electron chi connectivity index (χ3n) is 3.59. The molecule has 0 bridgehead atoms. The minimum absolute atomic E-state index is 0.230. The van der Waals surface area contributed by atoms with Crippen LogP contribution in [-0.4, -0.2) is 40.6 Å². The fraction of sp³-hybridized carbons (Fsp3) is 0.615. The van der Waals surface area contributed by atoms with Gasteiger partial charge in [-0.2, -0.15) is 11.8 Å². The van der Waals surface area contributed by atoms with Crippen LogP contribution >= 0.6 is 11.8 Å². The molecule has 1 aliphatic rings. The lowest BCUT2D eigenvalue weighted by atomic mass is 10.1. The van der Waals surface area contributed by atoms with Crippen LogP contribution in [0.15, 0.2) is 12.4 Å². The first kappa shape index (κ1) is 14.1. The van der Waals surface area contributed by atoms with Gasteiger partial charge in [0.2, 0.25) is 0 Å². The number of anilines is 1. The van der Waals surface area contributed by atoms with E-state index in [4.69, 9.17) is 0 Å². The second-order valence-electron chi connectivity index (χ2n) is 4.73. The summed E-state index contributed by atoms with van der Waals surface area (Å²) in [5.74, 6) is 0.239. The minimum Gasteiger partial charge on any atom is -0.464 e. The zero-order valence-electron chi connectivity index (χ0n) is 11.3. The molecule has 0 radical (unpaired) electrons. The molecule has 1 aliphatic carbocycles. The summed E-state index contributed by atoms with van der Waals surface area (Å²) in [5.41, 5.74) is 0.230. The maximum absolute atomic E-state index is 11.2. The molecule has 0 amide bonds. The lowest BCUT2D eigenvalue weighted by Crippen LogP contribution is -2.30. The first-order valence-corrected chi connectivity index (χ1v) is 7.61. The van der Waals surface area contributed by atoms with E-state index in [1.165, 1.54) is 39.0 Å². The van der Waals surface area contributed by atoms with Crippen LogP contribution in [0.2, 0.25) is 0 Å². The third kappa shape index (κ3) is 3.37. The molecular formula is C13H19N3O2S. The summed E-state index contributed by atoms with van der Waals surface area (Å²) < 4.78 is 4.91. The molecule has 0 aliphatic heterocycles. The molecule has 19 heavy (non-hydrogen) atoms. The van der Waals surface area contributed by atoms with Crippen LogP contribution < -0.4 is 5.32 Å². The lowest BCUT2D eigenvalue weighted by Gasteiger charge is -2.27. The first-order valence-electron chi connectivity index (χ1n) is 6.38. The molecule has 1 heterocycles. The van der Waals surface area contributed by atoms with E-state index in [9.17, 15) is 4.79 Å². The van der Waals surface area contributed by atoms with E-state index in [2.05, 4.69) is 26.3 Å². The molecule has 1 aromatic heterocycles. The highest BCUT2D eigenvalue weighted by atomic mass is 32.2. The van der Waals surface area contributed by atoms with Gasteiger partial charge in [0.15, 0.2) is 5.69 Å².